The lowest BCUT2D eigenvalue weighted by Crippen LogP contribution is -2.00. The molecule has 2 rings (SSSR count). The van der Waals surface area contributed by atoms with E-state index >= 15 is 0 Å². The van der Waals surface area contributed by atoms with Crippen molar-refractivity contribution >= 4 is 10.9 Å². The molecule has 2 aromatic rings. The smallest absolute Gasteiger partial charge is 0.0833 e. The Morgan fingerprint density at radius 3 is 3.07 bits per heavy atom. The van der Waals surface area contributed by atoms with E-state index in [4.69, 9.17) is 0 Å². The lowest BCUT2D eigenvalue weighted by Gasteiger charge is -2.08. The normalized spacial score (nSPS) is 13.2. The van der Waals surface area contributed by atoms with Crippen molar-refractivity contribution in [3.8, 4) is 0 Å². The highest BCUT2D eigenvalue weighted by Crippen LogP contribution is 2.15. The monoisotopic (exact) mass is 203 g/mol. The Kier molecular flexibility index (Phi) is 2.99. The summed E-state index contributed by atoms with van der Waals surface area (Å²) in [5.41, 5.74) is 2.19. The molecule has 0 aliphatic heterocycles. The van der Waals surface area contributed by atoms with Crippen LogP contribution in [0.15, 0.2) is 18.5 Å². The van der Waals surface area contributed by atoms with Crippen LogP contribution < -0.4 is 0 Å². The van der Waals surface area contributed by atoms with Gasteiger partial charge >= 0.3 is 0 Å². The molecule has 0 fully saturated rings. The van der Waals surface area contributed by atoms with E-state index in [0.717, 1.165) is 17.3 Å². The van der Waals surface area contributed by atoms with Crippen LogP contribution in [-0.4, -0.2) is 15.2 Å². The van der Waals surface area contributed by atoms with Crippen molar-refractivity contribution in [1.82, 2.24) is 15.2 Å². The number of rotatable bonds is 4. The van der Waals surface area contributed by atoms with E-state index in [1.165, 1.54) is 18.5 Å². The molecule has 0 amide bonds. The third-order valence-electron chi connectivity index (χ3n) is 2.72. The van der Waals surface area contributed by atoms with Crippen molar-refractivity contribution in [3.05, 3.63) is 24.2 Å². The van der Waals surface area contributed by atoms with Crippen molar-refractivity contribution in [3.63, 3.8) is 0 Å². The van der Waals surface area contributed by atoms with E-state index in [1.807, 2.05) is 12.4 Å². The molecule has 0 bridgehead atoms. The van der Waals surface area contributed by atoms with Gasteiger partial charge in [0.15, 0.2) is 0 Å². The molecule has 0 aliphatic carbocycles. The summed E-state index contributed by atoms with van der Waals surface area (Å²) >= 11 is 0. The second kappa shape index (κ2) is 4.43. The largest absolute Gasteiger partial charge is 0.276 e. The summed E-state index contributed by atoms with van der Waals surface area (Å²) in [6.45, 7) is 4.51. The summed E-state index contributed by atoms with van der Waals surface area (Å²) < 4.78 is 0. The van der Waals surface area contributed by atoms with Gasteiger partial charge in [0.25, 0.3) is 0 Å². The second-order valence-electron chi connectivity index (χ2n) is 4.23. The third-order valence-corrected chi connectivity index (χ3v) is 2.72. The molecule has 1 N–H and O–H groups in total. The first kappa shape index (κ1) is 10.1. The highest BCUT2D eigenvalue weighted by Gasteiger charge is 2.05. The molecule has 3 heteroatoms. The van der Waals surface area contributed by atoms with Gasteiger partial charge in [-0.1, -0.05) is 26.7 Å². The van der Waals surface area contributed by atoms with Gasteiger partial charge in [0.1, 0.15) is 0 Å². The van der Waals surface area contributed by atoms with Crippen molar-refractivity contribution in [2.24, 2.45) is 5.92 Å². The van der Waals surface area contributed by atoms with Crippen molar-refractivity contribution in [2.75, 3.05) is 0 Å². The van der Waals surface area contributed by atoms with E-state index < -0.39 is 0 Å². The Hall–Kier alpha value is -1.38. The lowest BCUT2D eigenvalue weighted by molar-refractivity contribution is 0.517. The molecule has 1 unspecified atom stereocenters. The SMILES string of the molecule is CCCC(C)Cc1cc2cn[nH]c2cn1. The summed E-state index contributed by atoms with van der Waals surface area (Å²) in [5.74, 6) is 0.715. The van der Waals surface area contributed by atoms with Crippen LogP contribution in [-0.2, 0) is 6.42 Å². The van der Waals surface area contributed by atoms with Gasteiger partial charge in [-0.05, 0) is 18.4 Å². The summed E-state index contributed by atoms with van der Waals surface area (Å²) in [7, 11) is 0. The Morgan fingerprint density at radius 1 is 1.40 bits per heavy atom. The molecule has 15 heavy (non-hydrogen) atoms. The Balaban J connectivity index is 2.14. The number of pyridine rings is 1. The van der Waals surface area contributed by atoms with Crippen LogP contribution in [0, 0.1) is 5.92 Å². The van der Waals surface area contributed by atoms with Crippen LogP contribution >= 0.6 is 0 Å². The first-order valence-electron chi connectivity index (χ1n) is 5.57. The molecule has 0 radical (unpaired) electrons. The lowest BCUT2D eigenvalue weighted by atomic mass is 10.00. The fraction of sp³-hybridized carbons (Fsp3) is 0.500. The predicted octanol–water partition coefficient (Wildman–Crippen LogP) is 2.94. The number of aromatic amines is 1. The number of hydrogen-bond donors (Lipinski definition) is 1. The van der Waals surface area contributed by atoms with Gasteiger partial charge < -0.3 is 0 Å². The number of fused-ring (bicyclic) bond motifs is 1. The molecule has 3 nitrogen and oxygen atoms in total. The summed E-state index contributed by atoms with van der Waals surface area (Å²) in [6, 6.07) is 2.13. The number of hydrogen-bond acceptors (Lipinski definition) is 2. The van der Waals surface area contributed by atoms with Crippen molar-refractivity contribution in [2.45, 2.75) is 33.1 Å². The van der Waals surface area contributed by atoms with Gasteiger partial charge in [0.2, 0.25) is 0 Å². The zero-order valence-corrected chi connectivity index (χ0v) is 9.33. The van der Waals surface area contributed by atoms with Crippen LogP contribution in [0.1, 0.15) is 32.4 Å². The van der Waals surface area contributed by atoms with Gasteiger partial charge in [-0.25, -0.2) is 0 Å². The molecule has 2 heterocycles. The Morgan fingerprint density at radius 2 is 2.27 bits per heavy atom. The molecule has 80 valence electrons. The Labute approximate surface area is 89.9 Å². The molecule has 0 aromatic carbocycles. The number of H-pyrrole nitrogens is 1. The van der Waals surface area contributed by atoms with E-state index in [-0.39, 0.29) is 0 Å². The predicted molar refractivity (Wildman–Crippen MR) is 61.7 cm³/mol. The zero-order valence-electron chi connectivity index (χ0n) is 9.33. The average Bonchev–Trinajstić information content (AvgIpc) is 2.65. The van der Waals surface area contributed by atoms with Crippen molar-refractivity contribution in [1.29, 1.82) is 0 Å². The molecule has 0 aliphatic rings. The Bertz CT molecular complexity index is 433. The first-order chi connectivity index (χ1) is 7.29. The fourth-order valence-corrected chi connectivity index (χ4v) is 1.95. The van der Waals surface area contributed by atoms with Crippen molar-refractivity contribution < 1.29 is 0 Å². The molecular weight excluding hydrogens is 186 g/mol. The first-order valence-corrected chi connectivity index (χ1v) is 5.57. The summed E-state index contributed by atoms with van der Waals surface area (Å²) in [5, 5.41) is 8.06. The fourth-order valence-electron chi connectivity index (χ4n) is 1.95. The maximum absolute atomic E-state index is 4.43. The molecule has 0 saturated carbocycles. The van der Waals surface area contributed by atoms with Crippen LogP contribution in [0.2, 0.25) is 0 Å². The van der Waals surface area contributed by atoms with Gasteiger partial charge in [0.05, 0.1) is 17.9 Å². The molecule has 1 atom stereocenters. The van der Waals surface area contributed by atoms with Crippen LogP contribution in [0.4, 0.5) is 0 Å². The average molecular weight is 203 g/mol. The van der Waals surface area contributed by atoms with E-state index in [0.29, 0.717) is 5.92 Å². The number of aromatic nitrogens is 3. The molecule has 0 saturated heterocycles. The van der Waals surface area contributed by atoms with Gasteiger partial charge in [-0.2, -0.15) is 5.10 Å². The molecular formula is C12H17N3. The highest BCUT2D eigenvalue weighted by atomic mass is 15.1. The maximum atomic E-state index is 4.43. The van der Waals surface area contributed by atoms with E-state index in [1.54, 1.807) is 0 Å². The molecule has 0 spiro atoms. The third kappa shape index (κ3) is 2.35. The number of nitrogens with zero attached hydrogens (tertiary/aromatic N) is 2. The minimum absolute atomic E-state index is 0.715. The second-order valence-corrected chi connectivity index (χ2v) is 4.23. The zero-order chi connectivity index (χ0) is 10.7. The molecule has 2 aromatic heterocycles. The topological polar surface area (TPSA) is 41.6 Å². The van der Waals surface area contributed by atoms with E-state index in [2.05, 4.69) is 35.1 Å². The summed E-state index contributed by atoms with van der Waals surface area (Å²) in [6.07, 6.45) is 7.30. The van der Waals surface area contributed by atoms with Gasteiger partial charge in [0, 0.05) is 11.1 Å². The standard InChI is InChI=1S/C12H17N3/c1-3-4-9(2)5-11-6-10-7-14-15-12(10)8-13-11/h6-9H,3-5H2,1-2H3,(H,14,15). The van der Waals surface area contributed by atoms with Crippen LogP contribution in [0.25, 0.3) is 10.9 Å². The van der Waals surface area contributed by atoms with Crippen LogP contribution in [0.5, 0.6) is 0 Å². The van der Waals surface area contributed by atoms with Gasteiger partial charge in [-0.15, -0.1) is 0 Å². The van der Waals surface area contributed by atoms with Crippen LogP contribution in [0.3, 0.4) is 0 Å². The van der Waals surface area contributed by atoms with E-state index in [9.17, 15) is 0 Å². The van der Waals surface area contributed by atoms with Gasteiger partial charge in [-0.3, -0.25) is 10.1 Å². The quantitative estimate of drug-likeness (QED) is 0.830. The minimum Gasteiger partial charge on any atom is -0.276 e. The highest BCUT2D eigenvalue weighted by molar-refractivity contribution is 5.76. The summed E-state index contributed by atoms with van der Waals surface area (Å²) in [4.78, 5) is 4.43. The number of nitrogens with one attached hydrogen (secondary N) is 1. The minimum atomic E-state index is 0.715. The maximum Gasteiger partial charge on any atom is 0.0833 e.